The van der Waals surface area contributed by atoms with Gasteiger partial charge in [-0.1, -0.05) is 30.3 Å². The number of nitrogens with one attached hydrogen (secondary N) is 3. The second kappa shape index (κ2) is 9.88. The molecule has 1 aliphatic heterocycles. The van der Waals surface area contributed by atoms with Crippen molar-refractivity contribution in [2.75, 3.05) is 15.4 Å². The molecule has 2 amide bonds. The zero-order chi connectivity index (χ0) is 25.1. The van der Waals surface area contributed by atoms with E-state index < -0.39 is 15.9 Å². The van der Waals surface area contributed by atoms with Gasteiger partial charge in [-0.3, -0.25) is 24.6 Å². The quantitative estimate of drug-likeness (QED) is 0.343. The lowest BCUT2D eigenvalue weighted by atomic mass is 10.1. The van der Waals surface area contributed by atoms with Crippen LogP contribution in [-0.4, -0.2) is 30.2 Å². The van der Waals surface area contributed by atoms with Crippen LogP contribution in [0.2, 0.25) is 0 Å². The Morgan fingerprint density at radius 2 is 1.89 bits per heavy atom. The maximum Gasteiger partial charge on any atom is 0.261 e. The number of fused-ring (bicyclic) bond motifs is 1. The molecule has 3 N–H and O–H groups in total. The van der Waals surface area contributed by atoms with Crippen LogP contribution in [0.5, 0.6) is 0 Å². The molecule has 0 bridgehead atoms. The molecule has 182 valence electrons. The predicted molar refractivity (Wildman–Crippen MR) is 139 cm³/mol. The monoisotopic (exact) mass is 519 g/mol. The van der Waals surface area contributed by atoms with E-state index >= 15 is 0 Å². The normalized spacial score (nSPS) is 13.3. The average Bonchev–Trinajstić information content (AvgIpc) is 3.25. The Labute approximate surface area is 211 Å². The zero-order valence-corrected chi connectivity index (χ0v) is 20.5. The first-order valence-corrected chi connectivity index (χ1v) is 13.5. The molecule has 5 rings (SSSR count). The van der Waals surface area contributed by atoms with Gasteiger partial charge in [-0.25, -0.2) is 13.4 Å². The molecule has 36 heavy (non-hydrogen) atoms. The third-order valence-corrected chi connectivity index (χ3v) is 7.74. The molecule has 2 aromatic heterocycles. The first-order chi connectivity index (χ1) is 17.4. The summed E-state index contributed by atoms with van der Waals surface area (Å²) >= 11 is 1.27. The van der Waals surface area contributed by atoms with E-state index in [1.807, 2.05) is 35.7 Å². The van der Waals surface area contributed by atoms with E-state index in [0.29, 0.717) is 30.1 Å². The van der Waals surface area contributed by atoms with Gasteiger partial charge in [0.05, 0.1) is 28.0 Å². The molecule has 1 aliphatic rings. The third-order valence-electron chi connectivity index (χ3n) is 5.62. The number of aryl methyl sites for hydroxylation is 1. The van der Waals surface area contributed by atoms with Gasteiger partial charge < -0.3 is 5.32 Å². The predicted octanol–water partition coefficient (Wildman–Crippen LogP) is 4.53. The first kappa shape index (κ1) is 23.6. The molecule has 0 saturated heterocycles. The summed E-state index contributed by atoms with van der Waals surface area (Å²) in [5.74, 6) is -0.613. The maximum absolute atomic E-state index is 13.2. The van der Waals surface area contributed by atoms with Crippen molar-refractivity contribution in [3.05, 3.63) is 83.5 Å². The van der Waals surface area contributed by atoms with E-state index in [2.05, 4.69) is 25.3 Å². The smallest absolute Gasteiger partial charge is 0.261 e. The minimum Gasteiger partial charge on any atom is -0.326 e. The van der Waals surface area contributed by atoms with Gasteiger partial charge in [0.25, 0.3) is 15.9 Å². The van der Waals surface area contributed by atoms with E-state index in [1.54, 1.807) is 12.1 Å². The number of hydrogen-bond acceptors (Lipinski definition) is 7. The Morgan fingerprint density at radius 3 is 2.72 bits per heavy atom. The third kappa shape index (κ3) is 5.11. The number of pyridine rings is 1. The van der Waals surface area contributed by atoms with E-state index in [9.17, 15) is 18.0 Å². The fraction of sp³-hybridized carbons (Fsp3) is 0.120. The second-order valence-electron chi connectivity index (χ2n) is 8.11. The Balaban J connectivity index is 1.36. The number of amides is 2. The van der Waals surface area contributed by atoms with E-state index in [-0.39, 0.29) is 22.1 Å². The molecule has 0 aliphatic carbocycles. The number of rotatable bonds is 6. The highest BCUT2D eigenvalue weighted by Gasteiger charge is 2.22. The average molecular weight is 520 g/mol. The van der Waals surface area contributed by atoms with Crippen molar-refractivity contribution in [2.45, 2.75) is 24.2 Å². The van der Waals surface area contributed by atoms with Crippen molar-refractivity contribution < 1.29 is 18.0 Å². The number of sulfonamides is 1. The van der Waals surface area contributed by atoms with Crippen LogP contribution in [0.1, 0.15) is 28.8 Å². The molecule has 0 radical (unpaired) electrons. The summed E-state index contributed by atoms with van der Waals surface area (Å²) < 4.78 is 28.8. The van der Waals surface area contributed by atoms with Crippen molar-refractivity contribution in [1.29, 1.82) is 0 Å². The Hall–Kier alpha value is -4.09. The maximum atomic E-state index is 13.2. The number of thiazole rings is 1. The van der Waals surface area contributed by atoms with Gasteiger partial charge in [0, 0.05) is 29.2 Å². The lowest BCUT2D eigenvalue weighted by molar-refractivity contribution is -0.116. The molecule has 9 nitrogen and oxygen atoms in total. The first-order valence-electron chi connectivity index (χ1n) is 11.1. The summed E-state index contributed by atoms with van der Waals surface area (Å²) in [6, 6.07) is 15.5. The van der Waals surface area contributed by atoms with Crippen LogP contribution >= 0.6 is 11.3 Å². The van der Waals surface area contributed by atoms with Gasteiger partial charge in [0.2, 0.25) is 5.91 Å². The number of nitrogens with zero attached hydrogens (tertiary/aromatic N) is 2. The highest BCUT2D eigenvalue weighted by molar-refractivity contribution is 7.92. The van der Waals surface area contributed by atoms with Crippen LogP contribution in [0.3, 0.4) is 0 Å². The fourth-order valence-corrected chi connectivity index (χ4v) is 5.66. The molecular formula is C25H21N5O4S2. The van der Waals surface area contributed by atoms with E-state index in [1.165, 1.54) is 35.9 Å². The minimum absolute atomic E-state index is 0.0278. The molecule has 0 atom stereocenters. The molecule has 11 heteroatoms. The van der Waals surface area contributed by atoms with Gasteiger partial charge in [-0.15, -0.1) is 11.3 Å². The number of anilines is 3. The van der Waals surface area contributed by atoms with Crippen molar-refractivity contribution in [2.24, 2.45) is 0 Å². The minimum atomic E-state index is -4.03. The molecule has 0 spiro atoms. The van der Waals surface area contributed by atoms with Crippen molar-refractivity contribution in [3.63, 3.8) is 0 Å². The Bertz CT molecular complexity index is 1550. The van der Waals surface area contributed by atoms with Gasteiger partial charge in [-0.05, 0) is 42.7 Å². The second-order valence-corrected chi connectivity index (χ2v) is 10.6. The van der Waals surface area contributed by atoms with Crippen LogP contribution < -0.4 is 15.4 Å². The largest absolute Gasteiger partial charge is 0.326 e. The van der Waals surface area contributed by atoms with Crippen LogP contribution in [-0.2, 0) is 21.2 Å². The Morgan fingerprint density at radius 1 is 1.06 bits per heavy atom. The zero-order valence-electron chi connectivity index (χ0n) is 18.9. The summed E-state index contributed by atoms with van der Waals surface area (Å²) in [4.78, 5) is 33.3. The Kier molecular flexibility index (Phi) is 6.49. The van der Waals surface area contributed by atoms with Crippen molar-refractivity contribution in [3.8, 4) is 11.3 Å². The number of carbonyl (C=O) groups excluding carboxylic acids is 2. The topological polar surface area (TPSA) is 130 Å². The molecule has 2 aromatic carbocycles. The molecular weight excluding hydrogens is 498 g/mol. The van der Waals surface area contributed by atoms with Gasteiger partial charge in [0.1, 0.15) is 0 Å². The van der Waals surface area contributed by atoms with Gasteiger partial charge in [-0.2, -0.15) is 0 Å². The number of carbonyl (C=O) groups is 2. The van der Waals surface area contributed by atoms with Crippen LogP contribution in [0.25, 0.3) is 11.3 Å². The number of hydrogen-bond donors (Lipinski definition) is 3. The highest BCUT2D eigenvalue weighted by Crippen LogP contribution is 2.28. The van der Waals surface area contributed by atoms with E-state index in [4.69, 9.17) is 0 Å². The van der Waals surface area contributed by atoms with Gasteiger partial charge >= 0.3 is 0 Å². The summed E-state index contributed by atoms with van der Waals surface area (Å²) in [7, 11) is -4.03. The molecule has 3 heterocycles. The molecule has 0 fully saturated rings. The standard InChI is InChI=1S/C25H21N5O4S2/c31-23-8-4-7-17-13-18(9-10-20(17)27-23)36(33,34)30-21-14-26-12-11-19(21)24(32)29-25-28-22(15-35-25)16-5-2-1-3-6-16/h1-3,5-6,9-15,30H,4,7-8H2,(H,27,31)(H,28,29,32). The molecule has 0 saturated carbocycles. The van der Waals surface area contributed by atoms with Crippen LogP contribution in [0.4, 0.5) is 16.5 Å². The van der Waals surface area contributed by atoms with Crippen molar-refractivity contribution >= 4 is 49.7 Å². The SMILES string of the molecule is O=C1CCCc2cc(S(=O)(=O)Nc3cnccc3C(=O)Nc3nc(-c4ccccc4)cs3)ccc2N1. The lowest BCUT2D eigenvalue weighted by Gasteiger charge is -2.13. The lowest BCUT2D eigenvalue weighted by Crippen LogP contribution is -2.19. The highest BCUT2D eigenvalue weighted by atomic mass is 32.2. The molecule has 4 aromatic rings. The summed E-state index contributed by atoms with van der Waals surface area (Å²) in [5, 5.41) is 7.74. The summed E-state index contributed by atoms with van der Waals surface area (Å²) in [6.07, 6.45) is 4.29. The fourth-order valence-electron chi connectivity index (χ4n) is 3.83. The summed E-state index contributed by atoms with van der Waals surface area (Å²) in [5.41, 5.74) is 3.14. The number of benzene rings is 2. The number of aromatic nitrogens is 2. The van der Waals surface area contributed by atoms with Crippen molar-refractivity contribution in [1.82, 2.24) is 9.97 Å². The van der Waals surface area contributed by atoms with Crippen LogP contribution in [0.15, 0.2) is 77.3 Å². The van der Waals surface area contributed by atoms with Gasteiger partial charge in [0.15, 0.2) is 5.13 Å². The van der Waals surface area contributed by atoms with Crippen LogP contribution in [0, 0.1) is 0 Å². The van der Waals surface area contributed by atoms with E-state index in [0.717, 1.165) is 16.8 Å². The summed E-state index contributed by atoms with van der Waals surface area (Å²) in [6.45, 7) is 0. The molecule has 0 unspecified atom stereocenters.